The van der Waals surface area contributed by atoms with E-state index in [4.69, 9.17) is 23.2 Å². The molecule has 1 nitrogen and oxygen atoms in total. The Bertz CT molecular complexity index is 464. The number of nitrogens with one attached hydrogen (secondary N) is 1. The van der Waals surface area contributed by atoms with Gasteiger partial charge in [0, 0.05) is 16.6 Å². The van der Waals surface area contributed by atoms with Crippen molar-refractivity contribution in [1.82, 2.24) is 5.32 Å². The number of halogens is 3. The Morgan fingerprint density at radius 3 is 2.70 bits per heavy atom. The zero-order valence-electron chi connectivity index (χ0n) is 12.1. The molecule has 1 N–H and O–H groups in total. The lowest BCUT2D eigenvalue weighted by Crippen LogP contribution is -2.31. The van der Waals surface area contributed by atoms with Crippen LogP contribution in [0.5, 0.6) is 0 Å². The van der Waals surface area contributed by atoms with Crippen LogP contribution in [-0.2, 0) is 0 Å². The second kappa shape index (κ2) is 7.11. The van der Waals surface area contributed by atoms with Crippen molar-refractivity contribution in [3.8, 4) is 0 Å². The molecule has 20 heavy (non-hydrogen) atoms. The van der Waals surface area contributed by atoms with Gasteiger partial charge in [0.25, 0.3) is 0 Å². The predicted molar refractivity (Wildman–Crippen MR) is 84.0 cm³/mol. The molecule has 1 fully saturated rings. The second-order valence-corrected chi connectivity index (χ2v) is 6.69. The van der Waals surface area contributed by atoms with Crippen LogP contribution in [0.1, 0.15) is 51.1 Å². The standard InChI is InChI=1S/C16H22Cl2FN/c1-10-5-3-4-6-12(10)9-20-11(2)15-13(17)7-8-14(19)16(15)18/h7-8,10-12,20H,3-6,9H2,1-2H3. The van der Waals surface area contributed by atoms with Crippen LogP contribution in [0, 0.1) is 17.7 Å². The van der Waals surface area contributed by atoms with Crippen molar-refractivity contribution in [3.05, 3.63) is 33.6 Å². The Hall–Kier alpha value is -0.310. The first-order valence-electron chi connectivity index (χ1n) is 7.37. The van der Waals surface area contributed by atoms with Gasteiger partial charge in [-0.05, 0) is 43.9 Å². The lowest BCUT2D eigenvalue weighted by molar-refractivity contribution is 0.242. The minimum atomic E-state index is -0.411. The Kier molecular flexibility index (Phi) is 5.71. The molecular weight excluding hydrogens is 296 g/mol. The molecular formula is C16H22Cl2FN. The van der Waals surface area contributed by atoms with Crippen LogP contribution in [0.4, 0.5) is 4.39 Å². The van der Waals surface area contributed by atoms with Crippen molar-refractivity contribution in [1.29, 1.82) is 0 Å². The molecule has 1 aliphatic rings. The van der Waals surface area contributed by atoms with E-state index in [1.165, 1.54) is 31.7 Å². The molecule has 1 aliphatic carbocycles. The van der Waals surface area contributed by atoms with E-state index in [0.29, 0.717) is 16.5 Å². The van der Waals surface area contributed by atoms with Gasteiger partial charge in [0.05, 0.1) is 5.02 Å². The summed E-state index contributed by atoms with van der Waals surface area (Å²) in [6, 6.07) is 2.84. The van der Waals surface area contributed by atoms with Gasteiger partial charge in [-0.3, -0.25) is 0 Å². The Morgan fingerprint density at radius 1 is 1.30 bits per heavy atom. The summed E-state index contributed by atoms with van der Waals surface area (Å²) in [5, 5.41) is 4.13. The first-order valence-corrected chi connectivity index (χ1v) is 8.13. The third kappa shape index (κ3) is 3.66. The van der Waals surface area contributed by atoms with Crippen LogP contribution in [-0.4, -0.2) is 6.54 Å². The molecule has 0 aliphatic heterocycles. The fraction of sp³-hybridized carbons (Fsp3) is 0.625. The molecule has 0 bridgehead atoms. The summed E-state index contributed by atoms with van der Waals surface area (Å²) >= 11 is 12.2. The van der Waals surface area contributed by atoms with Gasteiger partial charge >= 0.3 is 0 Å². The Morgan fingerprint density at radius 2 is 2.00 bits per heavy atom. The van der Waals surface area contributed by atoms with E-state index in [2.05, 4.69) is 12.2 Å². The summed E-state index contributed by atoms with van der Waals surface area (Å²) in [6.45, 7) is 5.24. The normalized spacial score (nSPS) is 24.6. The topological polar surface area (TPSA) is 12.0 Å². The van der Waals surface area contributed by atoms with Gasteiger partial charge in [-0.1, -0.05) is 49.4 Å². The highest BCUT2D eigenvalue weighted by Crippen LogP contribution is 2.33. The molecule has 3 unspecified atom stereocenters. The molecule has 0 radical (unpaired) electrons. The SMILES string of the molecule is CC(NCC1CCCCC1C)c1c(Cl)ccc(F)c1Cl. The van der Waals surface area contributed by atoms with Crippen molar-refractivity contribution in [2.24, 2.45) is 11.8 Å². The minimum Gasteiger partial charge on any atom is -0.310 e. The lowest BCUT2D eigenvalue weighted by atomic mass is 9.80. The van der Waals surface area contributed by atoms with Gasteiger partial charge in [-0.2, -0.15) is 0 Å². The van der Waals surface area contributed by atoms with Crippen molar-refractivity contribution in [3.63, 3.8) is 0 Å². The van der Waals surface area contributed by atoms with Crippen molar-refractivity contribution in [2.75, 3.05) is 6.54 Å². The molecule has 0 amide bonds. The van der Waals surface area contributed by atoms with Gasteiger partial charge in [0.1, 0.15) is 5.82 Å². The van der Waals surface area contributed by atoms with Gasteiger partial charge in [-0.25, -0.2) is 4.39 Å². The molecule has 1 aromatic rings. The van der Waals surface area contributed by atoms with Crippen molar-refractivity contribution >= 4 is 23.2 Å². The summed E-state index contributed by atoms with van der Waals surface area (Å²) in [6.07, 6.45) is 5.23. The molecule has 0 aromatic heterocycles. The second-order valence-electron chi connectivity index (χ2n) is 5.91. The molecule has 112 valence electrons. The van der Waals surface area contributed by atoms with Crippen molar-refractivity contribution < 1.29 is 4.39 Å². The first-order chi connectivity index (χ1) is 9.50. The predicted octanol–water partition coefficient (Wildman–Crippen LogP) is 5.61. The molecule has 1 aromatic carbocycles. The highest BCUT2D eigenvalue weighted by Gasteiger charge is 2.23. The molecule has 2 rings (SSSR count). The van der Waals surface area contributed by atoms with Crippen LogP contribution in [0.15, 0.2) is 12.1 Å². The third-order valence-corrected chi connectivity index (χ3v) is 5.20. The van der Waals surface area contributed by atoms with E-state index in [-0.39, 0.29) is 11.1 Å². The quantitative estimate of drug-likeness (QED) is 0.712. The van der Waals surface area contributed by atoms with E-state index in [9.17, 15) is 4.39 Å². The van der Waals surface area contributed by atoms with E-state index >= 15 is 0 Å². The number of hydrogen-bond donors (Lipinski definition) is 1. The zero-order valence-corrected chi connectivity index (χ0v) is 13.6. The van der Waals surface area contributed by atoms with Crippen LogP contribution >= 0.6 is 23.2 Å². The fourth-order valence-corrected chi connectivity index (χ4v) is 3.76. The van der Waals surface area contributed by atoms with E-state index in [1.54, 1.807) is 6.07 Å². The third-order valence-electron chi connectivity index (χ3n) is 4.49. The van der Waals surface area contributed by atoms with E-state index in [0.717, 1.165) is 12.5 Å². The molecule has 0 saturated heterocycles. The average molecular weight is 318 g/mol. The fourth-order valence-electron chi connectivity index (χ4n) is 3.07. The van der Waals surface area contributed by atoms with E-state index in [1.807, 2.05) is 6.92 Å². The molecule has 3 atom stereocenters. The van der Waals surface area contributed by atoms with E-state index < -0.39 is 5.82 Å². The maximum absolute atomic E-state index is 13.6. The highest BCUT2D eigenvalue weighted by atomic mass is 35.5. The molecule has 0 heterocycles. The van der Waals surface area contributed by atoms with Crippen molar-refractivity contribution in [2.45, 2.75) is 45.6 Å². The lowest BCUT2D eigenvalue weighted by Gasteiger charge is -2.30. The zero-order chi connectivity index (χ0) is 14.7. The Labute approximate surface area is 130 Å². The monoisotopic (exact) mass is 317 g/mol. The first kappa shape index (κ1) is 16.1. The highest BCUT2D eigenvalue weighted by molar-refractivity contribution is 6.36. The minimum absolute atomic E-state index is 0.0418. The van der Waals surface area contributed by atoms with Crippen LogP contribution in [0.2, 0.25) is 10.0 Å². The molecule has 4 heteroatoms. The van der Waals surface area contributed by atoms with Gasteiger partial charge in [-0.15, -0.1) is 0 Å². The average Bonchev–Trinajstić information content (AvgIpc) is 2.42. The summed E-state index contributed by atoms with van der Waals surface area (Å²) in [7, 11) is 0. The van der Waals surface area contributed by atoms with Gasteiger partial charge in [0.15, 0.2) is 0 Å². The molecule has 1 saturated carbocycles. The number of benzene rings is 1. The summed E-state index contributed by atoms with van der Waals surface area (Å²) in [5.41, 5.74) is 0.664. The maximum atomic E-state index is 13.6. The maximum Gasteiger partial charge on any atom is 0.142 e. The molecule has 0 spiro atoms. The smallest absolute Gasteiger partial charge is 0.142 e. The van der Waals surface area contributed by atoms with Gasteiger partial charge in [0.2, 0.25) is 0 Å². The van der Waals surface area contributed by atoms with Crippen LogP contribution in [0.25, 0.3) is 0 Å². The summed E-state index contributed by atoms with van der Waals surface area (Å²) in [5.74, 6) is 1.03. The Balaban J connectivity index is 2.01. The van der Waals surface area contributed by atoms with Gasteiger partial charge < -0.3 is 5.32 Å². The van der Waals surface area contributed by atoms with Crippen LogP contribution in [0.3, 0.4) is 0 Å². The number of rotatable bonds is 4. The summed E-state index contributed by atoms with van der Waals surface area (Å²) in [4.78, 5) is 0. The summed E-state index contributed by atoms with van der Waals surface area (Å²) < 4.78 is 13.6. The largest absolute Gasteiger partial charge is 0.310 e. The number of hydrogen-bond acceptors (Lipinski definition) is 1. The van der Waals surface area contributed by atoms with Crippen LogP contribution < -0.4 is 5.32 Å².